The molecule has 8 nitrogen and oxygen atoms in total. The van der Waals surface area contributed by atoms with Crippen LogP contribution < -0.4 is 59.1 Å². The van der Waals surface area contributed by atoms with Crippen molar-refractivity contribution in [2.45, 2.75) is 27.7 Å². The van der Waals surface area contributed by atoms with Crippen molar-refractivity contribution < 1.29 is 124 Å². The van der Waals surface area contributed by atoms with Crippen molar-refractivity contribution in [3.63, 3.8) is 0 Å². The zero-order valence-electron chi connectivity index (χ0n) is 13.7. The molecule has 0 fully saturated rings. The van der Waals surface area contributed by atoms with E-state index >= 15 is 0 Å². The fraction of sp³-hybridized carbons (Fsp3) is 0.500. The second-order valence-corrected chi connectivity index (χ2v) is 2.08. The Hall–Kier alpha value is 0.837. The number of carboxylic acid groups (broad SMARTS) is 4. The van der Waals surface area contributed by atoms with Crippen molar-refractivity contribution >= 4 is 34.8 Å². The second kappa shape index (κ2) is 42.7. The van der Waals surface area contributed by atoms with Gasteiger partial charge in [-0.3, -0.25) is 19.2 Å². The molecule has 0 saturated heterocycles. The summed E-state index contributed by atoms with van der Waals surface area (Å²) in [5.74, 6) is -3.33. The van der Waals surface area contributed by atoms with Crippen LogP contribution in [-0.2, 0) is 41.6 Å². The number of carbonyl (C=O) groups is 4. The first-order valence-corrected chi connectivity index (χ1v) is 3.71. The quantitative estimate of drug-likeness (QED) is 0.278. The van der Waals surface area contributed by atoms with Gasteiger partial charge in [-0.2, -0.15) is 0 Å². The molecule has 0 aromatic heterocycles. The van der Waals surface area contributed by atoms with E-state index in [2.05, 4.69) is 0 Å². The standard InChI is InChI=1S/4C2H4O2.Ag.2Na.H4Si.2H/c4*1-2(3)4;;;;;;/h4*1H3,(H,3,4);;;;1H4;;/q;;;;;2*+1;;2*-1. The molecule has 0 bridgehead atoms. The van der Waals surface area contributed by atoms with Crippen molar-refractivity contribution in [1.29, 1.82) is 0 Å². The van der Waals surface area contributed by atoms with Crippen LogP contribution in [0.15, 0.2) is 0 Å². The first kappa shape index (κ1) is 49.8. The third kappa shape index (κ3) is 8550. The van der Waals surface area contributed by atoms with Gasteiger partial charge < -0.3 is 23.3 Å². The summed E-state index contributed by atoms with van der Waals surface area (Å²) in [6, 6.07) is 0. The van der Waals surface area contributed by atoms with E-state index in [-0.39, 0.29) is 95.3 Å². The van der Waals surface area contributed by atoms with E-state index in [0.717, 1.165) is 27.7 Å². The number of hydrogen-bond donors (Lipinski definition) is 4. The van der Waals surface area contributed by atoms with Crippen LogP contribution in [0.25, 0.3) is 0 Å². The van der Waals surface area contributed by atoms with E-state index in [1.807, 2.05) is 0 Å². The first-order valence-electron chi connectivity index (χ1n) is 3.71. The second-order valence-electron chi connectivity index (χ2n) is 2.08. The van der Waals surface area contributed by atoms with Crippen molar-refractivity contribution in [1.82, 2.24) is 0 Å². The van der Waals surface area contributed by atoms with Gasteiger partial charge in [0.15, 0.2) is 0 Å². The van der Waals surface area contributed by atoms with Crippen LogP contribution >= 0.6 is 0 Å². The molecule has 0 amide bonds. The fourth-order valence-corrected chi connectivity index (χ4v) is 0. The van der Waals surface area contributed by atoms with Crippen molar-refractivity contribution in [3.05, 3.63) is 0 Å². The Morgan fingerprint density at radius 3 is 0.600 bits per heavy atom. The Balaban J connectivity index is -0.00000001000. The van der Waals surface area contributed by atoms with Gasteiger partial charge in [0.05, 0.1) is 0 Å². The Morgan fingerprint density at radius 2 is 0.600 bits per heavy atom. The Morgan fingerprint density at radius 1 is 0.600 bits per heavy atom. The third-order valence-electron chi connectivity index (χ3n) is 0. The van der Waals surface area contributed by atoms with E-state index in [1.165, 1.54) is 0 Å². The smallest absolute Gasteiger partial charge is 1.00 e. The fourth-order valence-electron chi connectivity index (χ4n) is 0. The van der Waals surface area contributed by atoms with Crippen molar-refractivity contribution in [2.24, 2.45) is 0 Å². The van der Waals surface area contributed by atoms with E-state index in [1.54, 1.807) is 0 Å². The molecule has 0 aliphatic rings. The van der Waals surface area contributed by atoms with Gasteiger partial charge in [-0.05, 0) is 11.0 Å². The summed E-state index contributed by atoms with van der Waals surface area (Å²) in [6.07, 6.45) is 0. The van der Waals surface area contributed by atoms with Crippen LogP contribution in [0, 0.1) is 0 Å². The molecule has 1 radical (unpaired) electrons. The largest absolute Gasteiger partial charge is 1.00 e. The van der Waals surface area contributed by atoms with E-state index < -0.39 is 23.9 Å². The van der Waals surface area contributed by atoms with Gasteiger partial charge in [-0.1, -0.05) is 0 Å². The molecule has 0 aliphatic heterocycles. The summed E-state index contributed by atoms with van der Waals surface area (Å²) >= 11 is 0. The van der Waals surface area contributed by atoms with Gasteiger partial charge in [0, 0.05) is 50.1 Å². The van der Waals surface area contributed by atoms with Crippen LogP contribution in [0.2, 0.25) is 0 Å². The summed E-state index contributed by atoms with van der Waals surface area (Å²) in [6.45, 7) is 4.33. The summed E-state index contributed by atoms with van der Waals surface area (Å²) in [5.41, 5.74) is 0. The average Bonchev–Trinajstić information content (AvgIpc) is 1.76. The maximum atomic E-state index is 9.00. The molecule has 0 aliphatic carbocycles. The Kier molecular flexibility index (Phi) is 106. The molecular formula is C8H22AgNa2O8Si. The molecule has 0 unspecified atom stereocenters. The minimum Gasteiger partial charge on any atom is -1.00 e. The van der Waals surface area contributed by atoms with E-state index in [9.17, 15) is 0 Å². The molecule has 0 aromatic carbocycles. The Labute approximate surface area is 184 Å². The topological polar surface area (TPSA) is 149 Å². The molecule has 12 heteroatoms. The van der Waals surface area contributed by atoms with Gasteiger partial charge in [-0.25, -0.2) is 0 Å². The molecule has 0 aromatic rings. The van der Waals surface area contributed by atoms with Gasteiger partial charge in [-0.15, -0.1) is 0 Å². The van der Waals surface area contributed by atoms with E-state index in [0.29, 0.717) is 0 Å². The van der Waals surface area contributed by atoms with Crippen LogP contribution in [0.1, 0.15) is 30.5 Å². The Bertz CT molecular complexity index is 186. The molecule has 0 saturated carbocycles. The van der Waals surface area contributed by atoms with E-state index in [4.69, 9.17) is 39.6 Å². The number of hydrogen-bond acceptors (Lipinski definition) is 4. The number of aliphatic carboxylic acids is 4. The predicted octanol–water partition coefficient (Wildman–Crippen LogP) is -6.86. The molecule has 20 heavy (non-hydrogen) atoms. The summed E-state index contributed by atoms with van der Waals surface area (Å²) in [5, 5.41) is 29.7. The SMILES string of the molecule is CC(=O)O.CC(=O)O.CC(=O)O.CC(=O)O.[Ag].[H-].[H-].[Na+].[Na+].[SiH4]. The maximum Gasteiger partial charge on any atom is 1.00 e. The molecule has 119 valence electrons. The minimum absolute atomic E-state index is 0. The predicted molar refractivity (Wildman–Crippen MR) is 66.8 cm³/mol. The van der Waals surface area contributed by atoms with Crippen LogP contribution in [0.4, 0.5) is 0 Å². The summed E-state index contributed by atoms with van der Waals surface area (Å²) in [4.78, 5) is 36.0. The van der Waals surface area contributed by atoms with Crippen molar-refractivity contribution in [3.8, 4) is 0 Å². The molecule has 0 heterocycles. The zero-order valence-corrected chi connectivity index (χ0v) is 17.2. The van der Waals surface area contributed by atoms with Crippen LogP contribution in [-0.4, -0.2) is 55.3 Å². The molecule has 4 N–H and O–H groups in total. The normalized spacial score (nSPS) is 5.00. The molecule has 0 spiro atoms. The monoisotopic (exact) mass is 427 g/mol. The van der Waals surface area contributed by atoms with Crippen LogP contribution in [0.5, 0.6) is 0 Å². The van der Waals surface area contributed by atoms with Gasteiger partial charge in [0.25, 0.3) is 23.9 Å². The molecular weight excluding hydrogens is 406 g/mol. The minimum atomic E-state index is -0.833. The molecule has 0 atom stereocenters. The third-order valence-corrected chi connectivity index (χ3v) is 0. The number of carboxylic acids is 4. The number of rotatable bonds is 0. The van der Waals surface area contributed by atoms with Crippen molar-refractivity contribution in [2.75, 3.05) is 0 Å². The maximum absolute atomic E-state index is 9.00. The first-order chi connectivity index (χ1) is 6.93. The van der Waals surface area contributed by atoms with Gasteiger partial charge in [0.2, 0.25) is 0 Å². The van der Waals surface area contributed by atoms with Crippen LogP contribution in [0.3, 0.4) is 0 Å². The zero-order chi connectivity index (χ0) is 14.3. The molecule has 0 rings (SSSR count). The van der Waals surface area contributed by atoms with Gasteiger partial charge in [0.1, 0.15) is 0 Å². The summed E-state index contributed by atoms with van der Waals surface area (Å²) < 4.78 is 0. The summed E-state index contributed by atoms with van der Waals surface area (Å²) in [7, 11) is 0. The van der Waals surface area contributed by atoms with Gasteiger partial charge >= 0.3 is 59.1 Å². The average molecular weight is 428 g/mol.